The Bertz CT molecular complexity index is 195. The normalized spacial score (nSPS) is 9.27. The van der Waals surface area contributed by atoms with E-state index in [2.05, 4.69) is 6.58 Å². The first-order valence-electron chi connectivity index (χ1n) is 5.27. The molecule has 0 saturated heterocycles. The molecular formula is C11H23FN2O. The van der Waals surface area contributed by atoms with E-state index in [1.165, 1.54) is 4.90 Å². The highest BCUT2D eigenvalue weighted by Gasteiger charge is 2.11. The van der Waals surface area contributed by atoms with Gasteiger partial charge in [0.25, 0.3) is 5.91 Å². The fourth-order valence-electron chi connectivity index (χ4n) is 0.787. The number of nitrogens with zero attached hydrogens (tertiary/aromatic N) is 2. The summed E-state index contributed by atoms with van der Waals surface area (Å²) in [6.07, 6.45) is 0. The van der Waals surface area contributed by atoms with Gasteiger partial charge in [0.05, 0.1) is 0 Å². The van der Waals surface area contributed by atoms with Crippen molar-refractivity contribution in [3.63, 3.8) is 0 Å². The molecule has 0 unspecified atom stereocenters. The maximum Gasteiger partial charge on any atom is 0.281 e. The molecule has 0 aromatic heterocycles. The van der Waals surface area contributed by atoms with Crippen molar-refractivity contribution >= 4 is 5.91 Å². The minimum Gasteiger partial charge on any atom is -0.338 e. The van der Waals surface area contributed by atoms with E-state index in [-0.39, 0.29) is 0 Å². The standard InChI is InChI=1S/C9H17FN2O.C2H6/c1-5-11(3)6-7-12(4)9(13)8(2)10;1-2/h2,5-7H2,1,3-4H3;1-2H3. The summed E-state index contributed by atoms with van der Waals surface area (Å²) >= 11 is 0. The lowest BCUT2D eigenvalue weighted by molar-refractivity contribution is -0.127. The molecule has 0 spiro atoms. The number of halogens is 1. The minimum atomic E-state index is -0.901. The van der Waals surface area contributed by atoms with Gasteiger partial charge in [0.15, 0.2) is 5.83 Å². The topological polar surface area (TPSA) is 23.6 Å². The molecule has 0 aromatic carbocycles. The van der Waals surface area contributed by atoms with Gasteiger partial charge in [-0.25, -0.2) is 4.39 Å². The van der Waals surface area contributed by atoms with Gasteiger partial charge in [0.1, 0.15) is 0 Å². The van der Waals surface area contributed by atoms with Crippen LogP contribution in [-0.2, 0) is 4.79 Å². The molecule has 0 heterocycles. The van der Waals surface area contributed by atoms with Gasteiger partial charge >= 0.3 is 0 Å². The second-order valence-electron chi connectivity index (χ2n) is 3.03. The number of hydrogen-bond acceptors (Lipinski definition) is 2. The first-order valence-corrected chi connectivity index (χ1v) is 5.27. The van der Waals surface area contributed by atoms with E-state index in [0.717, 1.165) is 13.1 Å². The van der Waals surface area contributed by atoms with Crippen molar-refractivity contribution in [2.24, 2.45) is 0 Å². The molecule has 0 saturated carbocycles. The molecule has 4 heteroatoms. The van der Waals surface area contributed by atoms with Gasteiger partial charge < -0.3 is 9.80 Å². The Balaban J connectivity index is 0. The van der Waals surface area contributed by atoms with Crippen LogP contribution in [0.1, 0.15) is 20.8 Å². The highest BCUT2D eigenvalue weighted by Crippen LogP contribution is 1.97. The van der Waals surface area contributed by atoms with Crippen LogP contribution in [0, 0.1) is 0 Å². The second-order valence-corrected chi connectivity index (χ2v) is 3.03. The highest BCUT2D eigenvalue weighted by molar-refractivity contribution is 5.90. The van der Waals surface area contributed by atoms with Crippen molar-refractivity contribution in [3.8, 4) is 0 Å². The molecule has 0 aromatic rings. The van der Waals surface area contributed by atoms with Crippen LogP contribution in [0.2, 0.25) is 0 Å². The van der Waals surface area contributed by atoms with Crippen molar-refractivity contribution < 1.29 is 9.18 Å². The highest BCUT2D eigenvalue weighted by atomic mass is 19.1. The van der Waals surface area contributed by atoms with Crippen molar-refractivity contribution in [3.05, 3.63) is 12.4 Å². The van der Waals surface area contributed by atoms with Gasteiger partial charge in [0, 0.05) is 20.1 Å². The Kier molecular flexibility index (Phi) is 10.6. The van der Waals surface area contributed by atoms with Crippen LogP contribution in [0.4, 0.5) is 4.39 Å². The summed E-state index contributed by atoms with van der Waals surface area (Å²) in [5.74, 6) is -1.54. The molecule has 0 bridgehead atoms. The van der Waals surface area contributed by atoms with Crippen LogP contribution in [0.3, 0.4) is 0 Å². The van der Waals surface area contributed by atoms with E-state index in [0.29, 0.717) is 6.54 Å². The molecule has 0 radical (unpaired) electrons. The summed E-state index contributed by atoms with van der Waals surface area (Å²) in [6.45, 7) is 11.2. The molecule has 0 N–H and O–H groups in total. The van der Waals surface area contributed by atoms with Crippen LogP contribution in [0.5, 0.6) is 0 Å². The van der Waals surface area contributed by atoms with Crippen LogP contribution in [-0.4, -0.2) is 49.4 Å². The maximum atomic E-state index is 12.4. The lowest BCUT2D eigenvalue weighted by Crippen LogP contribution is -2.34. The Hall–Kier alpha value is -0.900. The van der Waals surface area contributed by atoms with Crippen molar-refractivity contribution in [1.29, 1.82) is 0 Å². The molecule has 0 fully saturated rings. The number of amides is 1. The smallest absolute Gasteiger partial charge is 0.281 e. The van der Waals surface area contributed by atoms with E-state index in [9.17, 15) is 9.18 Å². The third-order valence-electron chi connectivity index (χ3n) is 1.94. The number of rotatable bonds is 5. The number of carbonyl (C=O) groups is 1. The van der Waals surface area contributed by atoms with E-state index < -0.39 is 11.7 Å². The second kappa shape index (κ2) is 9.65. The molecule has 1 amide bonds. The fraction of sp³-hybridized carbons (Fsp3) is 0.727. The number of carbonyl (C=O) groups excluding carboxylic acids is 1. The summed E-state index contributed by atoms with van der Waals surface area (Å²) < 4.78 is 12.4. The fourth-order valence-corrected chi connectivity index (χ4v) is 0.787. The lowest BCUT2D eigenvalue weighted by Gasteiger charge is -2.20. The summed E-state index contributed by atoms with van der Waals surface area (Å²) in [7, 11) is 3.51. The minimum absolute atomic E-state index is 0.520. The van der Waals surface area contributed by atoms with Gasteiger partial charge in [-0.1, -0.05) is 27.4 Å². The molecule has 0 rings (SSSR count). The first-order chi connectivity index (χ1) is 6.99. The number of hydrogen-bond donors (Lipinski definition) is 0. The molecule has 0 aliphatic heterocycles. The van der Waals surface area contributed by atoms with Crippen molar-refractivity contribution in [2.45, 2.75) is 20.8 Å². The average Bonchev–Trinajstić information content (AvgIpc) is 2.26. The first kappa shape index (κ1) is 16.5. The van der Waals surface area contributed by atoms with Gasteiger partial charge in [-0.3, -0.25) is 4.79 Å². The zero-order chi connectivity index (χ0) is 12.4. The molecule has 0 aliphatic rings. The zero-order valence-electron chi connectivity index (χ0n) is 10.5. The third kappa shape index (κ3) is 8.12. The van der Waals surface area contributed by atoms with Crippen LogP contribution >= 0.6 is 0 Å². The number of likely N-dealkylation sites (N-methyl/N-ethyl adjacent to an activating group) is 2. The molecule has 3 nitrogen and oxygen atoms in total. The SMILES string of the molecule is C=C(F)C(=O)N(C)CCN(C)CC.CC. The molecular weight excluding hydrogens is 195 g/mol. The summed E-state index contributed by atoms with van der Waals surface area (Å²) in [4.78, 5) is 14.4. The van der Waals surface area contributed by atoms with E-state index in [1.54, 1.807) is 7.05 Å². The largest absolute Gasteiger partial charge is 0.338 e. The van der Waals surface area contributed by atoms with Gasteiger partial charge in [-0.2, -0.15) is 0 Å². The summed E-state index contributed by atoms with van der Waals surface area (Å²) in [5, 5.41) is 0. The maximum absolute atomic E-state index is 12.4. The third-order valence-corrected chi connectivity index (χ3v) is 1.94. The van der Waals surface area contributed by atoms with Gasteiger partial charge in [-0.05, 0) is 13.6 Å². The van der Waals surface area contributed by atoms with Crippen LogP contribution in [0.25, 0.3) is 0 Å². The monoisotopic (exact) mass is 218 g/mol. The predicted octanol–water partition coefficient (Wildman–Crippen LogP) is 1.91. The quantitative estimate of drug-likeness (QED) is 0.658. The molecule has 90 valence electrons. The van der Waals surface area contributed by atoms with Gasteiger partial charge in [-0.15, -0.1) is 0 Å². The van der Waals surface area contributed by atoms with Crippen molar-refractivity contribution in [1.82, 2.24) is 9.80 Å². The van der Waals surface area contributed by atoms with E-state index >= 15 is 0 Å². The Morgan fingerprint density at radius 2 is 1.73 bits per heavy atom. The summed E-state index contributed by atoms with van der Waals surface area (Å²) in [6, 6.07) is 0. The Morgan fingerprint density at radius 3 is 2.07 bits per heavy atom. The lowest BCUT2D eigenvalue weighted by atomic mass is 10.4. The Labute approximate surface area is 92.6 Å². The molecule has 0 atom stereocenters. The average molecular weight is 218 g/mol. The van der Waals surface area contributed by atoms with Crippen LogP contribution < -0.4 is 0 Å². The predicted molar refractivity (Wildman–Crippen MR) is 62.4 cm³/mol. The molecule has 0 aliphatic carbocycles. The summed E-state index contributed by atoms with van der Waals surface area (Å²) in [5.41, 5.74) is 0. The molecule has 15 heavy (non-hydrogen) atoms. The van der Waals surface area contributed by atoms with Gasteiger partial charge in [0.2, 0.25) is 0 Å². The van der Waals surface area contributed by atoms with E-state index in [4.69, 9.17) is 0 Å². The van der Waals surface area contributed by atoms with Crippen LogP contribution in [0.15, 0.2) is 12.4 Å². The zero-order valence-corrected chi connectivity index (χ0v) is 10.5. The Morgan fingerprint density at radius 1 is 1.27 bits per heavy atom. The van der Waals surface area contributed by atoms with Crippen molar-refractivity contribution in [2.75, 3.05) is 33.7 Å². The van der Waals surface area contributed by atoms with E-state index in [1.807, 2.05) is 32.7 Å².